The van der Waals surface area contributed by atoms with E-state index in [2.05, 4.69) is 85.5 Å². The molecule has 3 aromatic rings. The van der Waals surface area contributed by atoms with Crippen molar-refractivity contribution in [2.24, 2.45) is 0 Å². The Labute approximate surface area is 201 Å². The summed E-state index contributed by atoms with van der Waals surface area (Å²) in [4.78, 5) is 11.8. The Morgan fingerprint density at radius 3 is 2.47 bits per heavy atom. The second-order valence-corrected chi connectivity index (χ2v) is 9.91. The van der Waals surface area contributed by atoms with Crippen molar-refractivity contribution in [1.82, 2.24) is 0 Å². The molecule has 1 N–H and O–H groups in total. The van der Waals surface area contributed by atoms with E-state index in [1.165, 1.54) is 33.5 Å². The molecule has 0 aromatic heterocycles. The summed E-state index contributed by atoms with van der Waals surface area (Å²) in [5.74, 6) is -0.637. The maximum Gasteiger partial charge on any atom is 0.201 e. The summed E-state index contributed by atoms with van der Waals surface area (Å²) in [6.45, 7) is 6.90. The van der Waals surface area contributed by atoms with Crippen molar-refractivity contribution in [2.45, 2.75) is 57.0 Å². The Balaban J connectivity index is 1.05. The minimum absolute atomic E-state index is 0.295. The van der Waals surface area contributed by atoms with Crippen LogP contribution in [0.5, 0.6) is 0 Å². The van der Waals surface area contributed by atoms with Crippen LogP contribution in [-0.2, 0) is 20.9 Å². The summed E-state index contributed by atoms with van der Waals surface area (Å²) in [5.41, 5.74) is 9.82. The number of fused-ring (bicyclic) bond motifs is 3. The van der Waals surface area contributed by atoms with Gasteiger partial charge in [0.15, 0.2) is 0 Å². The van der Waals surface area contributed by atoms with Crippen LogP contribution in [0.25, 0.3) is 16.7 Å². The second kappa shape index (κ2) is 8.70. The van der Waals surface area contributed by atoms with Crippen LogP contribution in [0.4, 0.5) is 5.69 Å². The fraction of sp³-hybridized carbons (Fsp3) is 0.333. The molecule has 1 saturated carbocycles. The molecule has 0 amide bonds. The normalized spacial score (nSPS) is 25.6. The van der Waals surface area contributed by atoms with Crippen LogP contribution < -0.4 is 5.32 Å². The summed E-state index contributed by atoms with van der Waals surface area (Å²) in [7, 11) is 0. The van der Waals surface area contributed by atoms with Crippen molar-refractivity contribution in [3.05, 3.63) is 95.6 Å². The first kappa shape index (κ1) is 21.6. The Kier molecular flexibility index (Phi) is 5.53. The highest BCUT2D eigenvalue weighted by Crippen LogP contribution is 2.41. The number of nitrogens with one attached hydrogen (secondary N) is 1. The van der Waals surface area contributed by atoms with E-state index in [1.54, 1.807) is 0 Å². The lowest BCUT2D eigenvalue weighted by molar-refractivity contribution is -0.483. The quantitative estimate of drug-likeness (QED) is 0.350. The van der Waals surface area contributed by atoms with Crippen LogP contribution in [0.15, 0.2) is 73.3 Å². The van der Waals surface area contributed by atoms with Gasteiger partial charge in [0.1, 0.15) is 6.10 Å². The summed E-state index contributed by atoms with van der Waals surface area (Å²) in [6, 6.07) is 24.2. The van der Waals surface area contributed by atoms with E-state index in [4.69, 9.17) is 14.5 Å². The van der Waals surface area contributed by atoms with Gasteiger partial charge in [-0.3, -0.25) is 0 Å². The van der Waals surface area contributed by atoms with Gasteiger partial charge in [0.05, 0.1) is 6.61 Å². The molecule has 4 nitrogen and oxygen atoms in total. The third kappa shape index (κ3) is 4.07. The average molecular weight is 454 g/mol. The van der Waals surface area contributed by atoms with E-state index in [9.17, 15) is 0 Å². The van der Waals surface area contributed by atoms with Gasteiger partial charge in [-0.2, -0.15) is 0 Å². The van der Waals surface area contributed by atoms with Crippen molar-refractivity contribution >= 4 is 11.3 Å². The van der Waals surface area contributed by atoms with Gasteiger partial charge in [-0.15, -0.1) is 0 Å². The number of rotatable bonds is 4. The Morgan fingerprint density at radius 2 is 1.71 bits per heavy atom. The van der Waals surface area contributed by atoms with Gasteiger partial charge in [-0.25, -0.2) is 9.78 Å². The molecule has 1 atom stereocenters. The van der Waals surface area contributed by atoms with Gasteiger partial charge >= 0.3 is 0 Å². The largest absolute Gasteiger partial charge is 0.382 e. The van der Waals surface area contributed by atoms with Crippen molar-refractivity contribution in [1.29, 1.82) is 0 Å². The third-order valence-corrected chi connectivity index (χ3v) is 7.54. The van der Waals surface area contributed by atoms with Crippen LogP contribution in [0.3, 0.4) is 0 Å². The molecule has 3 aromatic carbocycles. The van der Waals surface area contributed by atoms with Gasteiger partial charge in [0, 0.05) is 24.6 Å². The molecule has 1 saturated heterocycles. The predicted molar refractivity (Wildman–Crippen MR) is 135 cm³/mol. The molecule has 1 unspecified atom stereocenters. The smallest absolute Gasteiger partial charge is 0.201 e. The third-order valence-electron chi connectivity index (χ3n) is 7.54. The molecule has 6 rings (SSSR count). The van der Waals surface area contributed by atoms with Crippen LogP contribution in [0.2, 0.25) is 0 Å². The van der Waals surface area contributed by atoms with E-state index < -0.39 is 5.79 Å². The number of hydrogen-bond donors (Lipinski definition) is 1. The summed E-state index contributed by atoms with van der Waals surface area (Å²) >= 11 is 0. The number of hydrogen-bond acceptors (Lipinski definition) is 4. The molecule has 0 bridgehead atoms. The van der Waals surface area contributed by atoms with Gasteiger partial charge in [-0.05, 0) is 71.7 Å². The molecule has 4 heteroatoms. The van der Waals surface area contributed by atoms with Crippen LogP contribution in [0.1, 0.15) is 47.9 Å². The van der Waals surface area contributed by atoms with Crippen molar-refractivity contribution in [3.63, 3.8) is 0 Å². The first-order valence-corrected chi connectivity index (χ1v) is 12.3. The minimum atomic E-state index is -0.637. The Bertz CT molecular complexity index is 1200. The molecule has 3 aliphatic rings. The maximum absolute atomic E-state index is 6.28. The highest BCUT2D eigenvalue weighted by molar-refractivity contribution is 5.79. The topological polar surface area (TPSA) is 39.7 Å². The Morgan fingerprint density at radius 1 is 0.941 bits per heavy atom. The molecule has 2 aliphatic carbocycles. The summed E-state index contributed by atoms with van der Waals surface area (Å²) in [6.07, 6.45) is 4.25. The lowest BCUT2D eigenvalue weighted by atomic mass is 9.89. The molecular weight excluding hydrogens is 422 g/mol. The molecule has 34 heavy (non-hydrogen) atoms. The second-order valence-electron chi connectivity index (χ2n) is 9.91. The van der Waals surface area contributed by atoms with Crippen molar-refractivity contribution < 1.29 is 14.5 Å². The zero-order chi connectivity index (χ0) is 23.1. The Hall–Kier alpha value is -2.92. The molecule has 174 valence electrons. The number of ether oxygens (including phenoxy) is 1. The van der Waals surface area contributed by atoms with E-state index >= 15 is 0 Å². The summed E-state index contributed by atoms with van der Waals surface area (Å²) in [5, 5.41) is 3.64. The van der Waals surface area contributed by atoms with Crippen molar-refractivity contribution in [3.8, 4) is 11.1 Å². The van der Waals surface area contributed by atoms with Gasteiger partial charge in [0.25, 0.3) is 0 Å². The van der Waals surface area contributed by atoms with Crippen LogP contribution in [0, 0.1) is 6.92 Å². The van der Waals surface area contributed by atoms with Crippen LogP contribution >= 0.6 is 0 Å². The van der Waals surface area contributed by atoms with Gasteiger partial charge in [0.2, 0.25) is 5.79 Å². The minimum Gasteiger partial charge on any atom is -0.382 e. The highest BCUT2D eigenvalue weighted by Gasteiger charge is 2.43. The summed E-state index contributed by atoms with van der Waals surface area (Å²) < 4.78 is 6.28. The van der Waals surface area contributed by atoms with Crippen molar-refractivity contribution in [2.75, 3.05) is 11.9 Å². The molecule has 2 fully saturated rings. The molecule has 1 spiro atoms. The molecule has 1 heterocycles. The zero-order valence-corrected chi connectivity index (χ0v) is 19.7. The fourth-order valence-corrected chi connectivity index (χ4v) is 5.43. The average Bonchev–Trinajstić information content (AvgIpc) is 3.25. The fourth-order valence-electron chi connectivity index (χ4n) is 5.43. The van der Waals surface area contributed by atoms with Crippen LogP contribution in [-0.4, -0.2) is 24.5 Å². The first-order chi connectivity index (χ1) is 16.6. The monoisotopic (exact) mass is 453 g/mol. The number of benzene rings is 3. The number of aryl methyl sites for hydroxylation is 1. The lowest BCUT2D eigenvalue weighted by Gasteiger charge is -2.43. The zero-order valence-electron chi connectivity index (χ0n) is 19.7. The van der Waals surface area contributed by atoms with Gasteiger partial charge in [-0.1, -0.05) is 66.7 Å². The lowest BCUT2D eigenvalue weighted by Crippen LogP contribution is -2.49. The number of anilines is 1. The molecule has 0 radical (unpaired) electrons. The predicted octanol–water partition coefficient (Wildman–Crippen LogP) is 6.68. The standard InChI is InChI=1S/C30H31NO3/c1-20-7-10-25(11-8-20)31-26-13-15-30(16-14-26)32-19-29(33-34-30)21(2)22-9-12-28-24(17-22)18-23-5-3-4-6-27(23)28/h3-12,17,26,29,31H,2,13-16,18-19H2,1H3. The highest BCUT2D eigenvalue weighted by atomic mass is 17.2. The van der Waals surface area contributed by atoms with Gasteiger partial charge < -0.3 is 10.1 Å². The van der Waals surface area contributed by atoms with E-state index in [1.807, 2.05) is 0 Å². The molecular formula is C30H31NO3. The first-order valence-electron chi connectivity index (χ1n) is 12.3. The SMILES string of the molecule is C=C(c1ccc2c(c1)Cc1ccccc1-2)C1COC2(CCC(Nc3ccc(C)cc3)CC2)OO1. The van der Waals surface area contributed by atoms with E-state index in [0.717, 1.165) is 43.2 Å². The van der Waals surface area contributed by atoms with E-state index in [0.29, 0.717) is 12.6 Å². The maximum atomic E-state index is 6.28. The van der Waals surface area contributed by atoms with E-state index in [-0.39, 0.29) is 6.10 Å². The molecule has 1 aliphatic heterocycles.